The predicted octanol–water partition coefficient (Wildman–Crippen LogP) is 1.72. The number of phenols is 1. The number of aromatic hydroxyl groups is 1. The Morgan fingerprint density at radius 1 is 1.61 bits per heavy atom. The number of nitrogens with zero attached hydrogens (tertiary/aromatic N) is 4. The first-order chi connectivity index (χ1) is 10.9. The molecule has 0 radical (unpaired) electrons. The summed E-state index contributed by atoms with van der Waals surface area (Å²) in [6.07, 6.45) is 2.78. The fourth-order valence-electron chi connectivity index (χ4n) is 1.75. The van der Waals surface area contributed by atoms with Crippen LogP contribution < -0.4 is 5.43 Å². The number of phenolic OH excluding ortho intramolecular Hbond substituents is 1. The molecule has 1 aromatic carbocycles. The van der Waals surface area contributed by atoms with Gasteiger partial charge in [-0.15, -0.1) is 0 Å². The lowest BCUT2D eigenvalue weighted by Gasteiger charge is -2.02. The molecule has 2 N–H and O–H groups in total. The number of rotatable bonds is 5. The zero-order chi connectivity index (χ0) is 17.0. The van der Waals surface area contributed by atoms with Crippen LogP contribution >= 0.6 is 15.9 Å². The second-order valence-corrected chi connectivity index (χ2v) is 5.48. The van der Waals surface area contributed by atoms with E-state index in [4.69, 9.17) is 0 Å². The van der Waals surface area contributed by atoms with E-state index in [1.165, 1.54) is 16.8 Å². The molecule has 0 fully saturated rings. The van der Waals surface area contributed by atoms with Crippen LogP contribution in [0.5, 0.6) is 5.75 Å². The smallest absolute Gasteiger partial charge is 0.312 e. The van der Waals surface area contributed by atoms with Gasteiger partial charge in [-0.25, -0.2) is 5.43 Å². The third-order valence-corrected chi connectivity index (χ3v) is 3.21. The van der Waals surface area contributed by atoms with E-state index in [0.29, 0.717) is 4.47 Å². The number of aryl methyl sites for hydroxylation is 1. The molecule has 2 rings (SSSR count). The number of nitro groups is 1. The van der Waals surface area contributed by atoms with Crippen molar-refractivity contribution in [1.29, 1.82) is 0 Å². The molecular formula is C13H12BrN5O4. The summed E-state index contributed by atoms with van der Waals surface area (Å²) >= 11 is 3.11. The number of halogens is 1. The number of carbonyl (C=O) groups excluding carboxylic acids is 1. The second kappa shape index (κ2) is 7.01. The number of hydrogen-bond donors (Lipinski definition) is 2. The third kappa shape index (κ3) is 4.36. The zero-order valence-electron chi connectivity index (χ0n) is 11.9. The largest absolute Gasteiger partial charge is 0.502 e. The minimum absolute atomic E-state index is 0.0181. The lowest BCUT2D eigenvalue weighted by Crippen LogP contribution is -2.23. The van der Waals surface area contributed by atoms with Gasteiger partial charge in [0.05, 0.1) is 16.8 Å². The molecule has 0 aliphatic carbocycles. The summed E-state index contributed by atoms with van der Waals surface area (Å²) in [5.74, 6) is -0.952. The second-order valence-electron chi connectivity index (χ2n) is 4.57. The first kappa shape index (κ1) is 16.6. The molecule has 0 saturated heterocycles. The molecule has 120 valence electrons. The minimum atomic E-state index is -0.712. The quantitative estimate of drug-likeness (QED) is 0.463. The first-order valence-corrected chi connectivity index (χ1v) is 7.15. The van der Waals surface area contributed by atoms with E-state index in [1.54, 1.807) is 19.2 Å². The van der Waals surface area contributed by atoms with Gasteiger partial charge >= 0.3 is 5.69 Å². The van der Waals surface area contributed by atoms with Gasteiger partial charge < -0.3 is 5.11 Å². The van der Waals surface area contributed by atoms with E-state index < -0.39 is 22.3 Å². The van der Waals surface area contributed by atoms with Crippen LogP contribution in [-0.2, 0) is 11.3 Å². The maximum absolute atomic E-state index is 11.7. The highest BCUT2D eigenvalue weighted by atomic mass is 79.9. The first-order valence-electron chi connectivity index (χ1n) is 6.35. The van der Waals surface area contributed by atoms with Crippen LogP contribution in [-0.4, -0.2) is 31.9 Å². The van der Waals surface area contributed by atoms with Crippen LogP contribution in [0, 0.1) is 17.0 Å². The van der Waals surface area contributed by atoms with E-state index in [2.05, 4.69) is 31.6 Å². The van der Waals surface area contributed by atoms with Crippen molar-refractivity contribution in [2.24, 2.45) is 5.10 Å². The molecule has 1 amide bonds. The molecule has 0 unspecified atom stereocenters. The number of carbonyl (C=O) groups is 1. The Balaban J connectivity index is 2.05. The number of aromatic nitrogens is 2. The van der Waals surface area contributed by atoms with Gasteiger partial charge in [0.2, 0.25) is 5.75 Å². The van der Waals surface area contributed by atoms with Crippen molar-refractivity contribution < 1.29 is 14.8 Å². The Morgan fingerprint density at radius 2 is 2.35 bits per heavy atom. The Morgan fingerprint density at radius 3 is 2.96 bits per heavy atom. The Hall–Kier alpha value is -2.75. The lowest BCUT2D eigenvalue weighted by atomic mass is 10.2. The number of hydrogen-bond acceptors (Lipinski definition) is 6. The molecule has 0 aliphatic rings. The Labute approximate surface area is 138 Å². The third-order valence-electron chi connectivity index (χ3n) is 2.75. The van der Waals surface area contributed by atoms with Gasteiger partial charge in [0.25, 0.3) is 5.91 Å². The topological polar surface area (TPSA) is 123 Å². The maximum Gasteiger partial charge on any atom is 0.312 e. The average molecular weight is 382 g/mol. The molecule has 23 heavy (non-hydrogen) atoms. The van der Waals surface area contributed by atoms with Gasteiger partial charge in [-0.3, -0.25) is 19.6 Å². The van der Waals surface area contributed by atoms with Gasteiger partial charge in [-0.05, 0) is 19.1 Å². The van der Waals surface area contributed by atoms with Crippen molar-refractivity contribution in [3.05, 3.63) is 50.2 Å². The van der Waals surface area contributed by atoms with Crippen molar-refractivity contribution in [3.63, 3.8) is 0 Å². The summed E-state index contributed by atoms with van der Waals surface area (Å²) in [5.41, 5.74) is 2.68. The molecule has 2 aromatic rings. The summed E-state index contributed by atoms with van der Waals surface area (Å²) < 4.78 is 1.85. The number of nitrogens with one attached hydrogen (secondary N) is 1. The van der Waals surface area contributed by atoms with Crippen LogP contribution in [0.4, 0.5) is 5.69 Å². The van der Waals surface area contributed by atoms with Crippen LogP contribution in [0.2, 0.25) is 0 Å². The number of benzene rings is 1. The summed E-state index contributed by atoms with van der Waals surface area (Å²) in [5, 5.41) is 28.4. The Bertz CT molecular complexity index is 787. The van der Waals surface area contributed by atoms with Gasteiger partial charge in [0.1, 0.15) is 6.54 Å². The van der Waals surface area contributed by atoms with E-state index in [-0.39, 0.29) is 12.1 Å². The molecule has 0 spiro atoms. The highest BCUT2D eigenvalue weighted by molar-refractivity contribution is 9.10. The zero-order valence-corrected chi connectivity index (χ0v) is 13.5. The number of amides is 1. The van der Waals surface area contributed by atoms with Crippen molar-refractivity contribution in [2.75, 3.05) is 0 Å². The van der Waals surface area contributed by atoms with Crippen LogP contribution in [0.25, 0.3) is 0 Å². The lowest BCUT2D eigenvalue weighted by molar-refractivity contribution is -0.385. The molecule has 0 bridgehead atoms. The summed E-state index contributed by atoms with van der Waals surface area (Å²) in [6, 6.07) is 4.37. The predicted molar refractivity (Wildman–Crippen MR) is 85.2 cm³/mol. The van der Waals surface area contributed by atoms with Crippen LogP contribution in [0.1, 0.15) is 11.3 Å². The fourth-order valence-corrected chi connectivity index (χ4v) is 2.21. The fraction of sp³-hybridized carbons (Fsp3) is 0.154. The van der Waals surface area contributed by atoms with Crippen LogP contribution in [0.15, 0.2) is 34.0 Å². The normalized spacial score (nSPS) is 10.9. The minimum Gasteiger partial charge on any atom is -0.502 e. The summed E-state index contributed by atoms with van der Waals surface area (Å²) in [6.45, 7) is 1.78. The SMILES string of the molecule is Cc1ccn(CC(=O)N/N=C/c2cc(Br)cc([N+](=O)[O-])c2O)n1. The van der Waals surface area contributed by atoms with Crippen molar-refractivity contribution >= 4 is 33.7 Å². The number of nitro benzene ring substituents is 1. The standard InChI is InChI=1S/C13H12BrN5O4/c1-8-2-3-18(17-8)7-12(20)16-15-6-9-4-10(14)5-11(13(9)21)19(22)23/h2-6,21H,7H2,1H3,(H,16,20)/b15-6+. The van der Waals surface area contributed by atoms with E-state index in [0.717, 1.165) is 11.9 Å². The van der Waals surface area contributed by atoms with Gasteiger partial charge in [0, 0.05) is 22.3 Å². The molecule has 1 aromatic heterocycles. The molecule has 10 heteroatoms. The van der Waals surface area contributed by atoms with Gasteiger partial charge in [0.15, 0.2) is 0 Å². The van der Waals surface area contributed by atoms with E-state index in [9.17, 15) is 20.0 Å². The summed E-state index contributed by atoms with van der Waals surface area (Å²) in [7, 11) is 0. The van der Waals surface area contributed by atoms with E-state index in [1.807, 2.05) is 0 Å². The summed E-state index contributed by atoms with van der Waals surface area (Å²) in [4.78, 5) is 21.8. The number of hydrazone groups is 1. The van der Waals surface area contributed by atoms with Crippen molar-refractivity contribution in [2.45, 2.75) is 13.5 Å². The average Bonchev–Trinajstić information content (AvgIpc) is 2.87. The van der Waals surface area contributed by atoms with Gasteiger partial charge in [-0.1, -0.05) is 15.9 Å². The molecule has 0 aliphatic heterocycles. The Kier molecular flexibility index (Phi) is 5.06. The molecule has 0 atom stereocenters. The van der Waals surface area contributed by atoms with Crippen molar-refractivity contribution in [3.8, 4) is 5.75 Å². The highest BCUT2D eigenvalue weighted by Gasteiger charge is 2.17. The molecule has 1 heterocycles. The monoisotopic (exact) mass is 381 g/mol. The van der Waals surface area contributed by atoms with Crippen LogP contribution in [0.3, 0.4) is 0 Å². The molecular weight excluding hydrogens is 370 g/mol. The van der Waals surface area contributed by atoms with Crippen molar-refractivity contribution in [1.82, 2.24) is 15.2 Å². The molecule has 9 nitrogen and oxygen atoms in total. The highest BCUT2D eigenvalue weighted by Crippen LogP contribution is 2.32. The molecule has 0 saturated carbocycles. The van der Waals surface area contributed by atoms with E-state index >= 15 is 0 Å². The maximum atomic E-state index is 11.7. The van der Waals surface area contributed by atoms with Gasteiger partial charge in [-0.2, -0.15) is 10.2 Å².